The molecule has 0 bridgehead atoms. The van der Waals surface area contributed by atoms with Gasteiger partial charge in [0.1, 0.15) is 18.0 Å². The molecule has 0 aliphatic heterocycles. The average molecular weight is 392 g/mol. The molecule has 1 aromatic carbocycles. The Bertz CT molecular complexity index is 979. The number of halogens is 3. The van der Waals surface area contributed by atoms with Crippen molar-refractivity contribution in [2.75, 3.05) is 22.5 Å². The van der Waals surface area contributed by atoms with E-state index >= 15 is 0 Å². The van der Waals surface area contributed by atoms with E-state index in [0.29, 0.717) is 16.7 Å². The lowest BCUT2D eigenvalue weighted by Gasteiger charge is -2.14. The predicted octanol–water partition coefficient (Wildman–Crippen LogP) is 2.67. The van der Waals surface area contributed by atoms with Gasteiger partial charge in [0.15, 0.2) is 6.21 Å². The molecular weight excluding hydrogens is 371 g/mol. The molecule has 0 saturated heterocycles. The number of aromatic amines is 1. The molecule has 3 rings (SSSR count). The monoisotopic (exact) mass is 392 g/mol. The van der Waals surface area contributed by atoms with Crippen molar-refractivity contribution in [2.45, 2.75) is 26.1 Å². The van der Waals surface area contributed by atoms with Crippen molar-refractivity contribution < 1.29 is 18.6 Å². The van der Waals surface area contributed by atoms with E-state index in [-0.39, 0.29) is 17.8 Å². The first-order valence-electron chi connectivity index (χ1n) is 8.63. The van der Waals surface area contributed by atoms with E-state index < -0.39 is 12.7 Å². The fourth-order valence-electron chi connectivity index (χ4n) is 2.67. The number of nitrogens with zero attached hydrogens (tertiary/aromatic N) is 2. The number of H-pyrrole nitrogens is 1. The number of rotatable bonds is 7. The van der Waals surface area contributed by atoms with Gasteiger partial charge in [0.25, 0.3) is 0 Å². The third kappa shape index (κ3) is 4.70. The second-order valence-electron chi connectivity index (χ2n) is 6.50. The van der Waals surface area contributed by atoms with E-state index in [4.69, 9.17) is 5.41 Å². The van der Waals surface area contributed by atoms with Gasteiger partial charge in [-0.05, 0) is 38.1 Å². The molecule has 0 aliphatic rings. The summed E-state index contributed by atoms with van der Waals surface area (Å²) in [6, 6.07) is 7.32. The predicted molar refractivity (Wildman–Crippen MR) is 104 cm³/mol. The van der Waals surface area contributed by atoms with Crippen LogP contribution in [0.4, 0.5) is 36.3 Å². The normalized spacial score (nSPS) is 11.6. The van der Waals surface area contributed by atoms with E-state index in [2.05, 4.69) is 30.9 Å². The van der Waals surface area contributed by atoms with Crippen LogP contribution in [0.25, 0.3) is 11.0 Å². The van der Waals surface area contributed by atoms with Crippen LogP contribution < -0.4 is 21.4 Å². The summed E-state index contributed by atoms with van der Waals surface area (Å²) in [6.45, 7) is 2.84. The molecule has 28 heavy (non-hydrogen) atoms. The zero-order valence-electron chi connectivity index (χ0n) is 15.4. The Labute approximate surface area is 159 Å². The van der Waals surface area contributed by atoms with Crippen molar-refractivity contribution >= 4 is 40.4 Å². The SMILES string of the molecule is CC(C)Nc1ccc(Nc2nc(NCC(F)(F)F)c3cc[nH]c3n2)cc1C=[NH2+]. The molecule has 0 radical (unpaired) electrons. The number of benzene rings is 1. The number of hydrogen-bond donors (Lipinski definition) is 5. The Morgan fingerprint density at radius 3 is 2.68 bits per heavy atom. The smallest absolute Gasteiger partial charge is 0.382 e. The summed E-state index contributed by atoms with van der Waals surface area (Å²) in [5.41, 5.74) is 2.72. The van der Waals surface area contributed by atoms with Gasteiger partial charge in [-0.25, -0.2) is 0 Å². The maximum Gasteiger partial charge on any atom is 0.405 e. The molecule has 148 valence electrons. The Morgan fingerprint density at radius 2 is 2.00 bits per heavy atom. The van der Waals surface area contributed by atoms with Crippen LogP contribution in [0.1, 0.15) is 19.4 Å². The van der Waals surface area contributed by atoms with E-state index in [0.717, 1.165) is 11.3 Å². The van der Waals surface area contributed by atoms with Crippen LogP contribution in [0.3, 0.4) is 0 Å². The minimum absolute atomic E-state index is 0.0924. The minimum Gasteiger partial charge on any atom is -0.382 e. The number of fused-ring (bicyclic) bond motifs is 1. The summed E-state index contributed by atoms with van der Waals surface area (Å²) < 4.78 is 37.7. The highest BCUT2D eigenvalue weighted by Gasteiger charge is 2.27. The molecule has 0 amide bonds. The van der Waals surface area contributed by atoms with Crippen molar-refractivity contribution in [1.29, 1.82) is 0 Å². The zero-order chi connectivity index (χ0) is 20.3. The average Bonchev–Trinajstić information content (AvgIpc) is 3.08. The first-order valence-corrected chi connectivity index (χ1v) is 8.63. The van der Waals surface area contributed by atoms with E-state index in [9.17, 15) is 13.2 Å². The van der Waals surface area contributed by atoms with E-state index in [1.54, 1.807) is 18.3 Å². The highest BCUT2D eigenvalue weighted by atomic mass is 19.4. The molecular formula is C18H21F3N7+. The molecule has 7 nitrogen and oxygen atoms in total. The minimum atomic E-state index is -4.35. The summed E-state index contributed by atoms with van der Waals surface area (Å²) in [4.78, 5) is 11.4. The highest BCUT2D eigenvalue weighted by Crippen LogP contribution is 2.26. The lowest BCUT2D eigenvalue weighted by atomic mass is 10.1. The Kier molecular flexibility index (Phi) is 5.39. The van der Waals surface area contributed by atoms with Gasteiger partial charge in [-0.2, -0.15) is 23.1 Å². The van der Waals surface area contributed by atoms with E-state index in [1.165, 1.54) is 6.21 Å². The van der Waals surface area contributed by atoms with Crippen LogP contribution in [0.2, 0.25) is 0 Å². The number of alkyl halides is 3. The highest BCUT2D eigenvalue weighted by molar-refractivity contribution is 5.89. The Hall–Kier alpha value is -3.30. The van der Waals surface area contributed by atoms with Crippen molar-refractivity contribution in [1.82, 2.24) is 15.0 Å². The number of aromatic nitrogens is 3. The molecule has 0 saturated carbocycles. The summed E-state index contributed by atoms with van der Waals surface area (Å²) in [5.74, 6) is 0.252. The largest absolute Gasteiger partial charge is 0.405 e. The number of hydrogen-bond acceptors (Lipinski definition) is 5. The fourth-order valence-corrected chi connectivity index (χ4v) is 2.67. The fraction of sp³-hybridized carbons (Fsp3) is 0.278. The van der Waals surface area contributed by atoms with Gasteiger partial charge in [-0.1, -0.05) is 0 Å². The molecule has 2 heterocycles. The van der Waals surface area contributed by atoms with Crippen molar-refractivity contribution in [3.63, 3.8) is 0 Å². The van der Waals surface area contributed by atoms with Crippen LogP contribution in [0, 0.1) is 0 Å². The van der Waals surface area contributed by atoms with Crippen LogP contribution >= 0.6 is 0 Å². The second kappa shape index (κ2) is 7.75. The van der Waals surface area contributed by atoms with Crippen LogP contribution in [0.15, 0.2) is 30.5 Å². The summed E-state index contributed by atoms with van der Waals surface area (Å²) >= 11 is 0. The summed E-state index contributed by atoms with van der Waals surface area (Å²) in [7, 11) is 0. The zero-order valence-corrected chi connectivity index (χ0v) is 15.4. The summed E-state index contributed by atoms with van der Waals surface area (Å²) in [5, 5.41) is 14.8. The van der Waals surface area contributed by atoms with Crippen LogP contribution in [-0.2, 0) is 0 Å². The molecule has 6 N–H and O–H groups in total. The Morgan fingerprint density at radius 1 is 1.21 bits per heavy atom. The third-order valence-electron chi connectivity index (χ3n) is 3.80. The number of anilines is 4. The van der Waals surface area contributed by atoms with Gasteiger partial charge in [0.05, 0.1) is 10.9 Å². The first kappa shape index (κ1) is 19.5. The topological polar surface area (TPSA) is 103 Å². The lowest BCUT2D eigenvalue weighted by molar-refractivity contribution is -0.115. The number of nitrogens with one attached hydrogen (secondary N) is 4. The standard InChI is InChI=1S/C18H20F3N7/c1-10(2)25-14-4-3-12(7-11(14)8-22)26-17-27-15-13(5-6-23-15)16(28-17)24-9-18(19,20)21/h3-8,10,22,25H,9H2,1-2H3,(H3,23,24,26,27,28)/p+1. The molecule has 0 fully saturated rings. The van der Waals surface area contributed by atoms with Gasteiger partial charge in [-0.3, -0.25) is 5.41 Å². The molecule has 2 aromatic heterocycles. The molecule has 0 unspecified atom stereocenters. The summed E-state index contributed by atoms with van der Waals surface area (Å²) in [6.07, 6.45) is -1.29. The molecule has 0 spiro atoms. The maximum absolute atomic E-state index is 12.6. The third-order valence-corrected chi connectivity index (χ3v) is 3.80. The maximum atomic E-state index is 12.6. The second-order valence-corrected chi connectivity index (χ2v) is 6.50. The number of nitrogens with two attached hydrogens (primary N) is 1. The van der Waals surface area contributed by atoms with Crippen LogP contribution in [-0.4, -0.2) is 39.9 Å². The first-order chi connectivity index (χ1) is 13.2. The van der Waals surface area contributed by atoms with Gasteiger partial charge >= 0.3 is 6.18 Å². The van der Waals surface area contributed by atoms with Gasteiger partial charge < -0.3 is 20.9 Å². The van der Waals surface area contributed by atoms with Gasteiger partial charge in [-0.15, -0.1) is 0 Å². The van der Waals surface area contributed by atoms with E-state index in [1.807, 2.05) is 26.0 Å². The molecule has 3 aromatic rings. The van der Waals surface area contributed by atoms with Gasteiger partial charge in [0.2, 0.25) is 5.95 Å². The molecule has 0 atom stereocenters. The molecule has 0 aliphatic carbocycles. The van der Waals surface area contributed by atoms with Crippen molar-refractivity contribution in [3.8, 4) is 0 Å². The van der Waals surface area contributed by atoms with Gasteiger partial charge in [0, 0.05) is 23.6 Å². The van der Waals surface area contributed by atoms with Crippen LogP contribution in [0.5, 0.6) is 0 Å². The van der Waals surface area contributed by atoms with Crippen molar-refractivity contribution in [2.24, 2.45) is 0 Å². The molecule has 10 heteroatoms. The quantitative estimate of drug-likeness (QED) is 0.398. The lowest BCUT2D eigenvalue weighted by Crippen LogP contribution is -2.30. The Balaban J connectivity index is 1.88. The van der Waals surface area contributed by atoms with Crippen molar-refractivity contribution in [3.05, 3.63) is 36.0 Å².